The minimum absolute atomic E-state index is 0.200. The smallest absolute Gasteiger partial charge is 0.233 e. The first kappa shape index (κ1) is 15.3. The van der Waals surface area contributed by atoms with E-state index >= 15 is 0 Å². The van der Waals surface area contributed by atoms with Crippen LogP contribution in [0.5, 0.6) is 11.5 Å². The average Bonchev–Trinajstić information content (AvgIpc) is 2.92. The van der Waals surface area contributed by atoms with Gasteiger partial charge >= 0.3 is 0 Å². The maximum Gasteiger partial charge on any atom is 0.233 e. The number of benzene rings is 1. The molecule has 0 aliphatic heterocycles. The molecular weight excluding hydrogens is 301 g/mol. The summed E-state index contributed by atoms with van der Waals surface area (Å²) in [6.07, 6.45) is 0.448. The molecule has 1 aromatic rings. The Kier molecular flexibility index (Phi) is 4.07. The third-order valence-corrected chi connectivity index (χ3v) is 4.58. The summed E-state index contributed by atoms with van der Waals surface area (Å²) < 4.78 is 9.67. The number of hydrogen-bond donors (Lipinski definition) is 1. The largest absolute Gasteiger partial charge is 0.493 e. The summed E-state index contributed by atoms with van der Waals surface area (Å²) in [6.45, 7) is 4.18. The Morgan fingerprint density at radius 3 is 2.55 bits per heavy atom. The summed E-state index contributed by atoms with van der Waals surface area (Å²) >= 11 is 12.0. The lowest BCUT2D eigenvalue weighted by Crippen LogP contribution is -2.25. The first-order valence-electron chi connectivity index (χ1n) is 6.34. The fourth-order valence-corrected chi connectivity index (χ4v) is 2.64. The number of nitrogens with one attached hydrogen (secondary N) is 1. The topological polar surface area (TPSA) is 47.6 Å². The molecule has 1 fully saturated rings. The number of amides is 1. The molecule has 1 aliphatic rings. The second-order valence-electron chi connectivity index (χ2n) is 4.97. The van der Waals surface area contributed by atoms with Gasteiger partial charge in [-0.3, -0.25) is 4.79 Å². The molecule has 1 aromatic carbocycles. The van der Waals surface area contributed by atoms with E-state index in [4.69, 9.17) is 32.7 Å². The zero-order valence-corrected chi connectivity index (χ0v) is 13.1. The molecule has 1 saturated carbocycles. The van der Waals surface area contributed by atoms with Crippen LogP contribution in [0.1, 0.15) is 20.3 Å². The van der Waals surface area contributed by atoms with Crippen LogP contribution in [0.15, 0.2) is 18.2 Å². The summed E-state index contributed by atoms with van der Waals surface area (Å²) in [5.41, 5.74) is -0.130. The van der Waals surface area contributed by atoms with Gasteiger partial charge in [0.05, 0.1) is 19.1 Å². The Balaban J connectivity index is 2.13. The lowest BCUT2D eigenvalue weighted by Gasteiger charge is -2.15. The minimum atomic E-state index is -0.980. The number of halogens is 2. The van der Waals surface area contributed by atoms with Crippen molar-refractivity contribution in [1.82, 2.24) is 0 Å². The summed E-state index contributed by atoms with van der Waals surface area (Å²) in [7, 11) is 1.55. The normalized spacial score (nSPS) is 23.1. The van der Waals surface area contributed by atoms with Crippen molar-refractivity contribution in [2.45, 2.75) is 24.6 Å². The Hall–Kier alpha value is -1.13. The highest BCUT2D eigenvalue weighted by Gasteiger charge is 2.67. The number of alkyl halides is 2. The van der Waals surface area contributed by atoms with E-state index in [1.807, 2.05) is 6.92 Å². The molecule has 0 radical (unpaired) electrons. The van der Waals surface area contributed by atoms with Crippen LogP contribution in [0.25, 0.3) is 0 Å². The van der Waals surface area contributed by atoms with E-state index in [0.29, 0.717) is 30.2 Å². The molecule has 6 heteroatoms. The highest BCUT2D eigenvalue weighted by molar-refractivity contribution is 6.53. The van der Waals surface area contributed by atoms with Gasteiger partial charge < -0.3 is 14.8 Å². The summed E-state index contributed by atoms with van der Waals surface area (Å²) in [4.78, 5) is 12.2. The first-order chi connectivity index (χ1) is 9.34. The van der Waals surface area contributed by atoms with Crippen molar-refractivity contribution in [3.8, 4) is 11.5 Å². The molecule has 0 unspecified atom stereocenters. The maximum absolute atomic E-state index is 12.2. The van der Waals surface area contributed by atoms with E-state index in [-0.39, 0.29) is 5.91 Å². The number of carbonyl (C=O) groups is 1. The molecule has 1 N–H and O–H groups in total. The van der Waals surface area contributed by atoms with Gasteiger partial charge in [0.2, 0.25) is 5.91 Å². The van der Waals surface area contributed by atoms with Gasteiger partial charge in [-0.15, -0.1) is 23.2 Å². The van der Waals surface area contributed by atoms with Gasteiger partial charge in [-0.1, -0.05) is 0 Å². The quantitative estimate of drug-likeness (QED) is 0.844. The van der Waals surface area contributed by atoms with Crippen LogP contribution in [-0.4, -0.2) is 24.0 Å². The Morgan fingerprint density at radius 2 is 2.05 bits per heavy atom. The van der Waals surface area contributed by atoms with Crippen LogP contribution in [0.2, 0.25) is 0 Å². The second kappa shape index (κ2) is 5.34. The maximum atomic E-state index is 12.2. The molecule has 4 nitrogen and oxygen atoms in total. The molecular formula is C14H17Cl2NO3. The second-order valence-corrected chi connectivity index (χ2v) is 6.45. The van der Waals surface area contributed by atoms with Crippen LogP contribution in [-0.2, 0) is 4.79 Å². The molecule has 0 saturated heterocycles. The Morgan fingerprint density at radius 1 is 1.40 bits per heavy atom. The van der Waals surface area contributed by atoms with E-state index in [9.17, 15) is 4.79 Å². The third-order valence-electron chi connectivity index (χ3n) is 3.48. The highest BCUT2D eigenvalue weighted by Crippen LogP contribution is 2.64. The SMILES string of the molecule is CCOc1ccc(NC(=O)[C@]2(C)CC2(Cl)Cl)cc1OC. The predicted molar refractivity (Wildman–Crippen MR) is 80.0 cm³/mol. The van der Waals surface area contributed by atoms with Crippen LogP contribution >= 0.6 is 23.2 Å². The van der Waals surface area contributed by atoms with Gasteiger partial charge in [0.25, 0.3) is 0 Å². The van der Waals surface area contributed by atoms with Gasteiger partial charge in [-0.25, -0.2) is 0 Å². The van der Waals surface area contributed by atoms with E-state index in [1.165, 1.54) is 0 Å². The predicted octanol–water partition coefficient (Wildman–Crippen LogP) is 3.62. The molecule has 20 heavy (non-hydrogen) atoms. The molecule has 0 bridgehead atoms. The van der Waals surface area contributed by atoms with Crippen LogP contribution < -0.4 is 14.8 Å². The first-order valence-corrected chi connectivity index (χ1v) is 7.10. The molecule has 0 spiro atoms. The Bertz CT molecular complexity index is 533. The van der Waals surface area contributed by atoms with Crippen molar-refractivity contribution < 1.29 is 14.3 Å². The molecule has 2 rings (SSSR count). The zero-order valence-electron chi connectivity index (χ0n) is 11.6. The van der Waals surface area contributed by atoms with Crippen LogP contribution in [0.3, 0.4) is 0 Å². The highest BCUT2D eigenvalue weighted by atomic mass is 35.5. The zero-order chi connectivity index (χ0) is 15.0. The molecule has 1 atom stereocenters. The number of rotatable bonds is 5. The number of hydrogen-bond acceptors (Lipinski definition) is 3. The monoisotopic (exact) mass is 317 g/mol. The molecule has 110 valence electrons. The molecule has 1 aliphatic carbocycles. The number of anilines is 1. The van der Waals surface area contributed by atoms with E-state index in [2.05, 4.69) is 5.32 Å². The van der Waals surface area contributed by atoms with Crippen molar-refractivity contribution in [1.29, 1.82) is 0 Å². The molecule has 0 aromatic heterocycles. The third kappa shape index (κ3) is 2.67. The summed E-state index contributed by atoms with van der Waals surface area (Å²) in [5.74, 6) is 0.997. The van der Waals surface area contributed by atoms with Crippen LogP contribution in [0, 0.1) is 5.41 Å². The number of ether oxygens (including phenoxy) is 2. The van der Waals surface area contributed by atoms with Crippen molar-refractivity contribution >= 4 is 34.8 Å². The standard InChI is InChI=1S/C14H17Cl2NO3/c1-4-20-10-6-5-9(7-11(10)19-3)17-12(18)13(2)8-14(13,15)16/h5-7H,4,8H2,1-3H3,(H,17,18)/t13-/m0/s1. The number of carbonyl (C=O) groups excluding carboxylic acids is 1. The van der Waals surface area contributed by atoms with Gasteiger partial charge in [-0.05, 0) is 32.4 Å². The van der Waals surface area contributed by atoms with Crippen molar-refractivity contribution in [3.05, 3.63) is 18.2 Å². The molecule has 1 amide bonds. The average molecular weight is 318 g/mol. The van der Waals surface area contributed by atoms with Crippen molar-refractivity contribution in [2.24, 2.45) is 5.41 Å². The number of methoxy groups -OCH3 is 1. The fraction of sp³-hybridized carbons (Fsp3) is 0.500. The Labute approximate surface area is 128 Å². The summed E-state index contributed by atoms with van der Waals surface area (Å²) in [5, 5.41) is 2.80. The molecule has 0 heterocycles. The van der Waals surface area contributed by atoms with Crippen molar-refractivity contribution in [3.63, 3.8) is 0 Å². The van der Waals surface area contributed by atoms with E-state index < -0.39 is 9.75 Å². The van der Waals surface area contributed by atoms with Crippen LogP contribution in [0.4, 0.5) is 5.69 Å². The van der Waals surface area contributed by atoms with Gasteiger partial charge in [0.1, 0.15) is 4.33 Å². The summed E-state index contributed by atoms with van der Waals surface area (Å²) in [6, 6.07) is 5.21. The lowest BCUT2D eigenvalue weighted by atomic mass is 10.1. The lowest BCUT2D eigenvalue weighted by molar-refractivity contribution is -0.120. The van der Waals surface area contributed by atoms with E-state index in [0.717, 1.165) is 0 Å². The van der Waals surface area contributed by atoms with Gasteiger partial charge in [0, 0.05) is 11.8 Å². The minimum Gasteiger partial charge on any atom is -0.493 e. The van der Waals surface area contributed by atoms with E-state index in [1.54, 1.807) is 32.2 Å². The fourth-order valence-electron chi connectivity index (χ4n) is 1.94. The van der Waals surface area contributed by atoms with Gasteiger partial charge in [-0.2, -0.15) is 0 Å². The van der Waals surface area contributed by atoms with Crippen molar-refractivity contribution in [2.75, 3.05) is 19.0 Å². The van der Waals surface area contributed by atoms with Gasteiger partial charge in [0.15, 0.2) is 11.5 Å².